The molecule has 76 valence electrons. The highest BCUT2D eigenvalue weighted by Gasteiger charge is 2.07. The van der Waals surface area contributed by atoms with Gasteiger partial charge in [-0.05, 0) is 24.1 Å². The second kappa shape index (κ2) is 5.84. The summed E-state index contributed by atoms with van der Waals surface area (Å²) in [5.41, 5.74) is 1.24. The van der Waals surface area contributed by atoms with Gasteiger partial charge in [0.15, 0.2) is 0 Å². The van der Waals surface area contributed by atoms with Gasteiger partial charge in [0.05, 0.1) is 0 Å². The van der Waals surface area contributed by atoms with E-state index in [0.717, 1.165) is 18.0 Å². The standard InChI is InChI=1S/C12H16ClN/c1-3-8-14-12(4-2)10-6-5-7-11(13)9-10/h3,5-7,9,12,14H,1,4,8H2,2H3/t12-/m1/s1. The molecule has 0 saturated heterocycles. The van der Waals surface area contributed by atoms with Gasteiger partial charge in [-0.3, -0.25) is 0 Å². The number of rotatable bonds is 5. The van der Waals surface area contributed by atoms with Crippen molar-refractivity contribution in [2.24, 2.45) is 0 Å². The van der Waals surface area contributed by atoms with E-state index >= 15 is 0 Å². The average Bonchev–Trinajstić information content (AvgIpc) is 2.19. The van der Waals surface area contributed by atoms with Crippen LogP contribution in [0, 0.1) is 0 Å². The first-order chi connectivity index (χ1) is 6.77. The van der Waals surface area contributed by atoms with Gasteiger partial charge in [-0.1, -0.05) is 36.7 Å². The van der Waals surface area contributed by atoms with Crippen molar-refractivity contribution in [1.82, 2.24) is 5.32 Å². The second-order valence-electron chi connectivity index (χ2n) is 3.21. The first-order valence-electron chi connectivity index (χ1n) is 4.87. The van der Waals surface area contributed by atoms with Gasteiger partial charge in [-0.15, -0.1) is 6.58 Å². The number of hydrogen-bond donors (Lipinski definition) is 1. The Morgan fingerprint density at radius 3 is 2.93 bits per heavy atom. The monoisotopic (exact) mass is 209 g/mol. The van der Waals surface area contributed by atoms with Crippen LogP contribution in [0.3, 0.4) is 0 Å². The second-order valence-corrected chi connectivity index (χ2v) is 3.65. The molecule has 1 aromatic carbocycles. The van der Waals surface area contributed by atoms with Crippen molar-refractivity contribution >= 4 is 11.6 Å². The zero-order chi connectivity index (χ0) is 10.4. The topological polar surface area (TPSA) is 12.0 Å². The fourth-order valence-electron chi connectivity index (χ4n) is 1.45. The third-order valence-corrected chi connectivity index (χ3v) is 2.40. The maximum atomic E-state index is 5.93. The molecule has 0 aromatic heterocycles. The minimum atomic E-state index is 0.367. The summed E-state index contributed by atoms with van der Waals surface area (Å²) in [7, 11) is 0. The highest BCUT2D eigenvalue weighted by Crippen LogP contribution is 2.19. The minimum Gasteiger partial charge on any atom is -0.306 e. The molecule has 1 aromatic rings. The number of halogens is 1. The van der Waals surface area contributed by atoms with E-state index in [1.54, 1.807) is 0 Å². The highest BCUT2D eigenvalue weighted by molar-refractivity contribution is 6.30. The Balaban J connectivity index is 2.72. The molecule has 0 unspecified atom stereocenters. The summed E-state index contributed by atoms with van der Waals surface area (Å²) in [5, 5.41) is 4.18. The summed E-state index contributed by atoms with van der Waals surface area (Å²) in [4.78, 5) is 0. The first kappa shape index (κ1) is 11.3. The van der Waals surface area contributed by atoms with Crippen LogP contribution in [-0.4, -0.2) is 6.54 Å². The quantitative estimate of drug-likeness (QED) is 0.732. The van der Waals surface area contributed by atoms with Gasteiger partial charge in [-0.2, -0.15) is 0 Å². The van der Waals surface area contributed by atoms with Crippen molar-refractivity contribution < 1.29 is 0 Å². The Labute approximate surface area is 90.8 Å². The molecule has 0 spiro atoms. The van der Waals surface area contributed by atoms with E-state index in [1.807, 2.05) is 24.3 Å². The summed E-state index contributed by atoms with van der Waals surface area (Å²) in [6.45, 7) is 6.67. The number of hydrogen-bond acceptors (Lipinski definition) is 1. The maximum Gasteiger partial charge on any atom is 0.0409 e. The molecule has 0 bridgehead atoms. The largest absolute Gasteiger partial charge is 0.306 e. The molecule has 2 heteroatoms. The molecule has 1 atom stereocenters. The van der Waals surface area contributed by atoms with Crippen molar-refractivity contribution in [3.63, 3.8) is 0 Å². The Bertz CT molecular complexity index is 296. The van der Waals surface area contributed by atoms with E-state index in [9.17, 15) is 0 Å². The Kier molecular flexibility index (Phi) is 4.71. The molecule has 0 aliphatic rings. The van der Waals surface area contributed by atoms with Gasteiger partial charge >= 0.3 is 0 Å². The molecule has 0 heterocycles. The highest BCUT2D eigenvalue weighted by atomic mass is 35.5. The molecule has 14 heavy (non-hydrogen) atoms. The summed E-state index contributed by atoms with van der Waals surface area (Å²) in [5.74, 6) is 0. The van der Waals surface area contributed by atoms with Gasteiger partial charge < -0.3 is 5.32 Å². The van der Waals surface area contributed by atoms with Gasteiger partial charge in [0.25, 0.3) is 0 Å². The van der Waals surface area contributed by atoms with Crippen molar-refractivity contribution in [3.05, 3.63) is 47.5 Å². The smallest absolute Gasteiger partial charge is 0.0409 e. The molecule has 0 aliphatic heterocycles. The molecule has 0 radical (unpaired) electrons. The van der Waals surface area contributed by atoms with Crippen molar-refractivity contribution in [2.45, 2.75) is 19.4 Å². The van der Waals surface area contributed by atoms with Crippen LogP contribution in [0.15, 0.2) is 36.9 Å². The van der Waals surface area contributed by atoms with Gasteiger partial charge in [-0.25, -0.2) is 0 Å². The molecular formula is C12H16ClN. The Morgan fingerprint density at radius 1 is 1.57 bits per heavy atom. The third kappa shape index (κ3) is 3.17. The molecule has 0 amide bonds. The SMILES string of the molecule is C=CCN[C@H](CC)c1cccc(Cl)c1. The van der Waals surface area contributed by atoms with Crippen LogP contribution in [0.1, 0.15) is 24.9 Å². The van der Waals surface area contributed by atoms with Crippen LogP contribution in [0.25, 0.3) is 0 Å². The maximum absolute atomic E-state index is 5.93. The van der Waals surface area contributed by atoms with E-state index in [4.69, 9.17) is 11.6 Å². The van der Waals surface area contributed by atoms with Crippen LogP contribution >= 0.6 is 11.6 Å². The molecule has 0 saturated carbocycles. The minimum absolute atomic E-state index is 0.367. The fraction of sp³-hybridized carbons (Fsp3) is 0.333. The van der Waals surface area contributed by atoms with Crippen LogP contribution in [0.5, 0.6) is 0 Å². The summed E-state index contributed by atoms with van der Waals surface area (Å²) in [6, 6.07) is 8.34. The van der Waals surface area contributed by atoms with Gasteiger partial charge in [0.1, 0.15) is 0 Å². The predicted molar refractivity (Wildman–Crippen MR) is 62.7 cm³/mol. The van der Waals surface area contributed by atoms with E-state index in [2.05, 4.69) is 24.9 Å². The number of nitrogens with one attached hydrogen (secondary N) is 1. The lowest BCUT2D eigenvalue weighted by Crippen LogP contribution is -2.20. The van der Waals surface area contributed by atoms with Crippen molar-refractivity contribution in [3.8, 4) is 0 Å². The predicted octanol–water partition coefficient (Wildman–Crippen LogP) is 3.57. The normalized spacial score (nSPS) is 12.4. The summed E-state index contributed by atoms with van der Waals surface area (Å²) >= 11 is 5.93. The van der Waals surface area contributed by atoms with Gasteiger partial charge in [0.2, 0.25) is 0 Å². The molecule has 1 N–H and O–H groups in total. The lowest BCUT2D eigenvalue weighted by molar-refractivity contribution is 0.551. The lowest BCUT2D eigenvalue weighted by atomic mass is 10.0. The lowest BCUT2D eigenvalue weighted by Gasteiger charge is -2.16. The molecule has 0 aliphatic carbocycles. The Morgan fingerprint density at radius 2 is 2.36 bits per heavy atom. The Hall–Kier alpha value is -0.790. The molecular weight excluding hydrogens is 194 g/mol. The zero-order valence-electron chi connectivity index (χ0n) is 8.46. The zero-order valence-corrected chi connectivity index (χ0v) is 9.22. The molecule has 1 rings (SSSR count). The van der Waals surface area contributed by atoms with Crippen molar-refractivity contribution in [2.75, 3.05) is 6.54 Å². The van der Waals surface area contributed by atoms with E-state index in [0.29, 0.717) is 6.04 Å². The van der Waals surface area contributed by atoms with Crippen LogP contribution in [-0.2, 0) is 0 Å². The molecule has 1 nitrogen and oxygen atoms in total. The number of benzene rings is 1. The summed E-state index contributed by atoms with van der Waals surface area (Å²) in [6.07, 6.45) is 2.92. The third-order valence-electron chi connectivity index (χ3n) is 2.17. The van der Waals surface area contributed by atoms with Crippen molar-refractivity contribution in [1.29, 1.82) is 0 Å². The van der Waals surface area contributed by atoms with E-state index < -0.39 is 0 Å². The van der Waals surface area contributed by atoms with Gasteiger partial charge in [0, 0.05) is 17.6 Å². The van der Waals surface area contributed by atoms with Crippen LogP contribution in [0.4, 0.5) is 0 Å². The molecule has 0 fully saturated rings. The van der Waals surface area contributed by atoms with E-state index in [1.165, 1.54) is 5.56 Å². The van der Waals surface area contributed by atoms with Crippen LogP contribution in [0.2, 0.25) is 5.02 Å². The summed E-state index contributed by atoms with van der Waals surface area (Å²) < 4.78 is 0. The average molecular weight is 210 g/mol. The van der Waals surface area contributed by atoms with Crippen LogP contribution < -0.4 is 5.32 Å². The fourth-order valence-corrected chi connectivity index (χ4v) is 1.65. The first-order valence-corrected chi connectivity index (χ1v) is 5.25. The van der Waals surface area contributed by atoms with E-state index in [-0.39, 0.29) is 0 Å².